The lowest BCUT2D eigenvalue weighted by molar-refractivity contribution is 0.598. The molecule has 96 valence electrons. The first-order valence-corrected chi connectivity index (χ1v) is 6.80. The summed E-state index contributed by atoms with van der Waals surface area (Å²) < 4.78 is 0. The van der Waals surface area contributed by atoms with Crippen molar-refractivity contribution < 1.29 is 0 Å². The summed E-state index contributed by atoms with van der Waals surface area (Å²) >= 11 is 0. The molecule has 2 unspecified atom stereocenters. The van der Waals surface area contributed by atoms with E-state index in [0.717, 1.165) is 0 Å². The molecule has 0 radical (unpaired) electrons. The fourth-order valence-corrected chi connectivity index (χ4v) is 2.30. The summed E-state index contributed by atoms with van der Waals surface area (Å²) in [6, 6.07) is 8.52. The highest BCUT2D eigenvalue weighted by atomic mass is 14.2. The molecular weight excluding hydrogens is 216 g/mol. The minimum atomic E-state index is 0.485. The van der Waals surface area contributed by atoms with Gasteiger partial charge in [0.25, 0.3) is 0 Å². The van der Waals surface area contributed by atoms with Crippen molar-refractivity contribution >= 4 is 6.08 Å². The third-order valence-corrected chi connectivity index (χ3v) is 3.51. The van der Waals surface area contributed by atoms with Gasteiger partial charge in [-0.25, -0.2) is 0 Å². The Morgan fingerprint density at radius 1 is 1.17 bits per heavy atom. The fourth-order valence-electron chi connectivity index (χ4n) is 2.30. The number of hydrogen-bond acceptors (Lipinski definition) is 0. The van der Waals surface area contributed by atoms with Crippen molar-refractivity contribution in [1.82, 2.24) is 0 Å². The first-order valence-electron chi connectivity index (χ1n) is 6.80. The van der Waals surface area contributed by atoms with Gasteiger partial charge >= 0.3 is 0 Å². The zero-order valence-corrected chi connectivity index (χ0v) is 12.0. The Bertz CT molecular complexity index is 449. The second-order valence-corrected chi connectivity index (χ2v) is 4.44. The minimum absolute atomic E-state index is 0.485. The van der Waals surface area contributed by atoms with E-state index in [2.05, 4.69) is 62.9 Å². The average Bonchev–Trinajstić information content (AvgIpc) is 2.44. The number of rotatable bonds is 2. The van der Waals surface area contributed by atoms with Gasteiger partial charge in [0.05, 0.1) is 0 Å². The smallest absolute Gasteiger partial charge is 0.00898 e. The van der Waals surface area contributed by atoms with Crippen LogP contribution in [0.3, 0.4) is 0 Å². The molecule has 0 amide bonds. The van der Waals surface area contributed by atoms with E-state index in [9.17, 15) is 0 Å². The molecule has 0 N–H and O–H groups in total. The van der Waals surface area contributed by atoms with Gasteiger partial charge in [0.15, 0.2) is 0 Å². The molecule has 0 nitrogen and oxygen atoms in total. The Balaban J connectivity index is 0.000000771. The van der Waals surface area contributed by atoms with Gasteiger partial charge in [0.1, 0.15) is 0 Å². The van der Waals surface area contributed by atoms with E-state index in [0.29, 0.717) is 11.8 Å². The lowest BCUT2D eigenvalue weighted by Crippen LogP contribution is -2.12. The lowest BCUT2D eigenvalue weighted by Gasteiger charge is -2.26. The number of hydrogen-bond donors (Lipinski definition) is 0. The standard InChI is InChI=1S/C16H18.C2H6/c1-4-14-9-5-6-10-16(14)15-11-7-8-12(2)13(15)3;1-2/h4-11,13,15H,1H2,2-3H3;1-2H3. The largest absolute Gasteiger partial charge is 0.0985 e. The van der Waals surface area contributed by atoms with Crippen molar-refractivity contribution in [3.63, 3.8) is 0 Å². The van der Waals surface area contributed by atoms with Crippen LogP contribution in [0.25, 0.3) is 6.08 Å². The minimum Gasteiger partial charge on any atom is -0.0985 e. The predicted molar refractivity (Wildman–Crippen MR) is 82.7 cm³/mol. The molecule has 0 heterocycles. The van der Waals surface area contributed by atoms with Crippen LogP contribution >= 0.6 is 0 Å². The maximum absolute atomic E-state index is 3.89. The third kappa shape index (κ3) is 3.01. The van der Waals surface area contributed by atoms with E-state index in [1.165, 1.54) is 16.7 Å². The highest BCUT2D eigenvalue weighted by Gasteiger charge is 2.21. The average molecular weight is 240 g/mol. The zero-order chi connectivity index (χ0) is 13.5. The summed E-state index contributed by atoms with van der Waals surface area (Å²) in [7, 11) is 0. The van der Waals surface area contributed by atoms with Gasteiger partial charge in [0, 0.05) is 5.92 Å². The van der Waals surface area contributed by atoms with Crippen molar-refractivity contribution in [3.8, 4) is 0 Å². The predicted octanol–water partition coefficient (Wildman–Crippen LogP) is 5.59. The molecule has 1 aliphatic carbocycles. The molecule has 2 rings (SSSR count). The highest BCUT2D eigenvalue weighted by Crippen LogP contribution is 2.35. The summed E-state index contributed by atoms with van der Waals surface area (Å²) in [5, 5.41) is 0. The van der Waals surface area contributed by atoms with Gasteiger partial charge in [-0.3, -0.25) is 0 Å². The van der Waals surface area contributed by atoms with Gasteiger partial charge in [-0.05, 0) is 24.0 Å². The Hall–Kier alpha value is -1.56. The number of benzene rings is 1. The van der Waals surface area contributed by atoms with Crippen molar-refractivity contribution in [2.45, 2.75) is 33.6 Å². The van der Waals surface area contributed by atoms with E-state index >= 15 is 0 Å². The maximum Gasteiger partial charge on any atom is 0.00898 e. The molecule has 0 heteroatoms. The van der Waals surface area contributed by atoms with Crippen LogP contribution in [0.1, 0.15) is 44.7 Å². The topological polar surface area (TPSA) is 0 Å². The maximum atomic E-state index is 3.89. The van der Waals surface area contributed by atoms with Gasteiger partial charge in [-0.2, -0.15) is 0 Å². The van der Waals surface area contributed by atoms with Gasteiger partial charge < -0.3 is 0 Å². The molecule has 1 aromatic rings. The van der Waals surface area contributed by atoms with Crippen molar-refractivity contribution in [2.24, 2.45) is 5.92 Å². The molecule has 0 fully saturated rings. The second-order valence-electron chi connectivity index (χ2n) is 4.44. The molecule has 0 bridgehead atoms. The molecule has 1 aliphatic rings. The van der Waals surface area contributed by atoms with E-state index in [1.807, 2.05) is 19.9 Å². The first kappa shape index (κ1) is 14.5. The van der Waals surface area contributed by atoms with E-state index in [1.54, 1.807) is 0 Å². The van der Waals surface area contributed by atoms with Gasteiger partial charge in [-0.1, -0.05) is 81.5 Å². The third-order valence-electron chi connectivity index (χ3n) is 3.51. The summed E-state index contributed by atoms with van der Waals surface area (Å²) in [4.78, 5) is 0. The monoisotopic (exact) mass is 240 g/mol. The summed E-state index contributed by atoms with van der Waals surface area (Å²) in [6.07, 6.45) is 8.61. The second kappa shape index (κ2) is 7.00. The Kier molecular flexibility index (Phi) is 5.64. The van der Waals surface area contributed by atoms with E-state index in [-0.39, 0.29) is 0 Å². The van der Waals surface area contributed by atoms with E-state index < -0.39 is 0 Å². The van der Waals surface area contributed by atoms with Crippen LogP contribution in [-0.4, -0.2) is 0 Å². The SMILES string of the molecule is C=Cc1ccccc1C1C=CC=C(C)C1C.CC. The fraction of sp³-hybridized carbons (Fsp3) is 0.333. The molecular formula is C18H24. The molecule has 0 spiro atoms. The molecule has 18 heavy (non-hydrogen) atoms. The molecule has 0 saturated carbocycles. The van der Waals surface area contributed by atoms with Crippen molar-refractivity contribution in [2.75, 3.05) is 0 Å². The van der Waals surface area contributed by atoms with Gasteiger partial charge in [0.2, 0.25) is 0 Å². The van der Waals surface area contributed by atoms with Crippen LogP contribution in [0, 0.1) is 5.92 Å². The summed E-state index contributed by atoms with van der Waals surface area (Å²) in [5.41, 5.74) is 4.08. The molecule has 2 atom stereocenters. The van der Waals surface area contributed by atoms with Crippen molar-refractivity contribution in [3.05, 3.63) is 65.8 Å². The van der Waals surface area contributed by atoms with Crippen LogP contribution in [-0.2, 0) is 0 Å². The van der Waals surface area contributed by atoms with Crippen LogP contribution < -0.4 is 0 Å². The summed E-state index contributed by atoms with van der Waals surface area (Å²) in [5.74, 6) is 1.06. The Morgan fingerprint density at radius 3 is 2.50 bits per heavy atom. The number of allylic oxidation sites excluding steroid dienone is 4. The highest BCUT2D eigenvalue weighted by molar-refractivity contribution is 5.54. The molecule has 0 aliphatic heterocycles. The summed E-state index contributed by atoms with van der Waals surface area (Å²) in [6.45, 7) is 12.4. The molecule has 1 aromatic carbocycles. The van der Waals surface area contributed by atoms with Crippen LogP contribution in [0.15, 0.2) is 54.6 Å². The lowest BCUT2D eigenvalue weighted by atomic mass is 9.78. The van der Waals surface area contributed by atoms with Gasteiger partial charge in [-0.15, -0.1) is 0 Å². The Labute approximate surface area is 112 Å². The van der Waals surface area contributed by atoms with Crippen LogP contribution in [0.4, 0.5) is 0 Å². The Morgan fingerprint density at radius 2 is 1.83 bits per heavy atom. The normalized spacial score (nSPS) is 21.7. The van der Waals surface area contributed by atoms with E-state index in [4.69, 9.17) is 0 Å². The molecule has 0 aromatic heterocycles. The molecule has 0 saturated heterocycles. The zero-order valence-electron chi connectivity index (χ0n) is 12.0. The van der Waals surface area contributed by atoms with Crippen LogP contribution in [0.5, 0.6) is 0 Å². The van der Waals surface area contributed by atoms with Crippen LogP contribution in [0.2, 0.25) is 0 Å². The van der Waals surface area contributed by atoms with Crippen molar-refractivity contribution in [1.29, 1.82) is 0 Å². The first-order chi connectivity index (χ1) is 8.74. The quantitative estimate of drug-likeness (QED) is 0.632.